The van der Waals surface area contributed by atoms with Crippen LogP contribution in [0.2, 0.25) is 0 Å². The minimum Gasteiger partial charge on any atom is -0.507 e. The molecule has 3 aliphatic rings. The van der Waals surface area contributed by atoms with Gasteiger partial charge in [-0.05, 0) is 104 Å². The lowest BCUT2D eigenvalue weighted by atomic mass is 9.59. The third kappa shape index (κ3) is 6.45. The molecule has 3 fully saturated rings. The highest BCUT2D eigenvalue weighted by molar-refractivity contribution is 6.03. The molecule has 1 aliphatic heterocycles. The number of aryl methyl sites for hydroxylation is 1. The fourth-order valence-corrected chi connectivity index (χ4v) is 8.97. The molecule has 7 N–H and O–H groups in total. The van der Waals surface area contributed by atoms with Crippen LogP contribution >= 0.6 is 0 Å². The van der Waals surface area contributed by atoms with Gasteiger partial charge in [-0.3, -0.25) is 0 Å². The van der Waals surface area contributed by atoms with Crippen LogP contribution in [0, 0.1) is 5.41 Å². The number of ether oxygens (including phenoxy) is 1. The Kier molecular flexibility index (Phi) is 9.22. The van der Waals surface area contributed by atoms with Crippen LogP contribution in [0.5, 0.6) is 28.7 Å². The van der Waals surface area contributed by atoms with Crippen molar-refractivity contribution in [2.24, 2.45) is 5.41 Å². The molecule has 258 valence electrons. The zero-order valence-electron chi connectivity index (χ0n) is 27.9. The van der Waals surface area contributed by atoms with E-state index in [1.54, 1.807) is 30.4 Å². The molecular formula is C41H47NO7. The van der Waals surface area contributed by atoms with Gasteiger partial charge >= 0.3 is 0 Å². The minimum absolute atomic E-state index is 0.119. The van der Waals surface area contributed by atoms with Gasteiger partial charge in [0.15, 0.2) is 23.0 Å². The molecule has 0 bridgehead atoms. The number of hydrogen-bond donors (Lipinski definition) is 7. The highest BCUT2D eigenvalue weighted by Gasteiger charge is 2.57. The van der Waals surface area contributed by atoms with Crippen molar-refractivity contribution >= 4 is 22.9 Å². The molecule has 4 aromatic rings. The minimum atomic E-state index is -0.359. The fraction of sp³-hybridized carbons (Fsp3) is 0.415. The number of benzene rings is 4. The number of phenolic OH excluding ortho intramolecular Hbond substituents is 5. The second-order valence-electron chi connectivity index (χ2n) is 14.5. The molecule has 49 heavy (non-hydrogen) atoms. The van der Waals surface area contributed by atoms with E-state index >= 15 is 0 Å². The summed E-state index contributed by atoms with van der Waals surface area (Å²) in [6, 6.07) is 18.3. The topological polar surface area (TPSA) is 143 Å². The third-order valence-electron chi connectivity index (χ3n) is 11.6. The molecule has 1 heterocycles. The Labute approximate surface area is 287 Å². The van der Waals surface area contributed by atoms with Crippen molar-refractivity contribution < 1.29 is 35.4 Å². The average Bonchev–Trinajstić information content (AvgIpc) is 3.49. The molecule has 0 radical (unpaired) electrons. The number of nitrogens with one attached hydrogen (secondary N) is 1. The lowest BCUT2D eigenvalue weighted by Crippen LogP contribution is -2.57. The maximum absolute atomic E-state index is 11.2. The van der Waals surface area contributed by atoms with Gasteiger partial charge in [0, 0.05) is 30.2 Å². The predicted molar refractivity (Wildman–Crippen MR) is 191 cm³/mol. The van der Waals surface area contributed by atoms with Crippen molar-refractivity contribution in [2.75, 3.05) is 6.61 Å². The van der Waals surface area contributed by atoms with Crippen molar-refractivity contribution in [3.05, 3.63) is 88.5 Å². The molecule has 4 atom stereocenters. The van der Waals surface area contributed by atoms with Gasteiger partial charge in [0.05, 0.1) is 17.1 Å². The molecular weight excluding hydrogens is 618 g/mol. The van der Waals surface area contributed by atoms with E-state index < -0.39 is 0 Å². The van der Waals surface area contributed by atoms with E-state index in [0.29, 0.717) is 41.0 Å². The first-order chi connectivity index (χ1) is 23.7. The zero-order chi connectivity index (χ0) is 34.2. The van der Waals surface area contributed by atoms with Crippen molar-refractivity contribution in [3.63, 3.8) is 0 Å². The lowest BCUT2D eigenvalue weighted by molar-refractivity contribution is -0.188. The van der Waals surface area contributed by atoms with Crippen LogP contribution in [0.25, 0.3) is 22.9 Å². The molecule has 1 saturated heterocycles. The summed E-state index contributed by atoms with van der Waals surface area (Å²) in [4.78, 5) is 0. The summed E-state index contributed by atoms with van der Waals surface area (Å²) < 4.78 is 6.63. The highest BCUT2D eigenvalue weighted by atomic mass is 16.5. The summed E-state index contributed by atoms with van der Waals surface area (Å²) in [6.45, 7) is 1.53. The van der Waals surface area contributed by atoms with E-state index in [1.165, 1.54) is 36.6 Å². The number of aliphatic hydroxyl groups is 1. The van der Waals surface area contributed by atoms with Crippen molar-refractivity contribution in [2.45, 2.75) is 94.9 Å². The molecule has 2 spiro atoms. The monoisotopic (exact) mass is 665 g/mol. The molecule has 0 unspecified atom stereocenters. The SMILES string of the molecule is Oc1ccc(C=Cc2c(CCc3ccc(CN[C@@H]4CCO[C@]5(CCCC[C@]56CC[C@H](O)C6)C4)cc3)c(O)c(O)c3c(O)cccc23)cc1O. The van der Waals surface area contributed by atoms with Crippen LogP contribution in [0.3, 0.4) is 0 Å². The smallest absolute Gasteiger partial charge is 0.169 e. The number of aromatic hydroxyl groups is 5. The first-order valence-electron chi connectivity index (χ1n) is 17.7. The Hall–Kier alpha value is -4.24. The summed E-state index contributed by atoms with van der Waals surface area (Å²) in [5.74, 6) is -1.22. The molecule has 2 saturated carbocycles. The van der Waals surface area contributed by atoms with Crippen LogP contribution in [0.4, 0.5) is 0 Å². The van der Waals surface area contributed by atoms with E-state index in [9.17, 15) is 30.6 Å². The second kappa shape index (κ2) is 13.6. The highest BCUT2D eigenvalue weighted by Crippen LogP contribution is 2.59. The van der Waals surface area contributed by atoms with Gasteiger partial charge in [-0.15, -0.1) is 0 Å². The number of fused-ring (bicyclic) bond motifs is 2. The standard InChI is InChI=1S/C41H47NO7/c43-30-16-20-40(24-30)18-1-2-19-41(40)23-29(17-21-49-41)42-25-28-8-6-26(7-9-28)10-14-33-31(13-11-27-12-15-34(44)36(46)22-27)32-4-3-5-35(45)37(32)39(48)38(33)47/h3-9,11-13,15,22,29-30,42-48H,1-2,10,14,16-21,23-25H2/t29-,30+,40-,41-/m1/s1. The number of rotatable bonds is 8. The average molecular weight is 666 g/mol. The van der Waals surface area contributed by atoms with Crippen molar-refractivity contribution in [3.8, 4) is 28.7 Å². The molecule has 2 aliphatic carbocycles. The van der Waals surface area contributed by atoms with E-state index in [4.69, 9.17) is 4.74 Å². The van der Waals surface area contributed by atoms with E-state index in [-0.39, 0.29) is 51.3 Å². The summed E-state index contributed by atoms with van der Waals surface area (Å²) in [5.41, 5.74) is 4.11. The number of hydrogen-bond acceptors (Lipinski definition) is 8. The predicted octanol–water partition coefficient (Wildman–Crippen LogP) is 7.44. The first-order valence-corrected chi connectivity index (χ1v) is 17.7. The Morgan fingerprint density at radius 2 is 1.55 bits per heavy atom. The van der Waals surface area contributed by atoms with Gasteiger partial charge in [-0.1, -0.05) is 67.5 Å². The largest absolute Gasteiger partial charge is 0.507 e. The van der Waals surface area contributed by atoms with Crippen LogP contribution < -0.4 is 5.32 Å². The van der Waals surface area contributed by atoms with Crippen LogP contribution in [0.1, 0.15) is 85.6 Å². The van der Waals surface area contributed by atoms with Crippen LogP contribution in [0.15, 0.2) is 60.7 Å². The van der Waals surface area contributed by atoms with Gasteiger partial charge < -0.3 is 40.7 Å². The molecule has 8 nitrogen and oxygen atoms in total. The Bertz CT molecular complexity index is 1850. The number of aliphatic hydroxyl groups excluding tert-OH is 1. The quantitative estimate of drug-likeness (QED) is 0.0761. The Morgan fingerprint density at radius 3 is 2.33 bits per heavy atom. The van der Waals surface area contributed by atoms with Crippen molar-refractivity contribution in [1.82, 2.24) is 5.32 Å². The molecule has 4 aromatic carbocycles. The van der Waals surface area contributed by atoms with Crippen LogP contribution in [-0.2, 0) is 24.1 Å². The summed E-state index contributed by atoms with van der Waals surface area (Å²) in [7, 11) is 0. The summed E-state index contributed by atoms with van der Waals surface area (Å²) >= 11 is 0. The van der Waals surface area contributed by atoms with Gasteiger partial charge in [-0.2, -0.15) is 0 Å². The zero-order valence-corrected chi connectivity index (χ0v) is 27.9. The van der Waals surface area contributed by atoms with E-state index in [0.717, 1.165) is 63.7 Å². The normalized spacial score (nSPS) is 25.6. The molecule has 0 amide bonds. The molecule has 7 rings (SSSR count). The van der Waals surface area contributed by atoms with E-state index in [2.05, 4.69) is 29.6 Å². The second-order valence-corrected chi connectivity index (χ2v) is 14.5. The van der Waals surface area contributed by atoms with Gasteiger partial charge in [-0.25, -0.2) is 0 Å². The molecule has 8 heteroatoms. The molecule has 0 aromatic heterocycles. The Balaban J connectivity index is 1.05. The number of phenols is 5. The van der Waals surface area contributed by atoms with Gasteiger partial charge in [0.1, 0.15) is 5.75 Å². The first kappa shape index (κ1) is 33.3. The Morgan fingerprint density at radius 1 is 0.755 bits per heavy atom. The summed E-state index contributed by atoms with van der Waals surface area (Å²) in [5, 5.41) is 67.4. The van der Waals surface area contributed by atoms with Gasteiger partial charge in [0.25, 0.3) is 0 Å². The van der Waals surface area contributed by atoms with Crippen molar-refractivity contribution in [1.29, 1.82) is 0 Å². The van der Waals surface area contributed by atoms with Gasteiger partial charge in [0.2, 0.25) is 0 Å². The fourth-order valence-electron chi connectivity index (χ4n) is 8.97. The lowest BCUT2D eigenvalue weighted by Gasteiger charge is -2.55. The summed E-state index contributed by atoms with van der Waals surface area (Å²) in [6.07, 6.45) is 13.9. The van der Waals surface area contributed by atoms with E-state index in [1.807, 2.05) is 0 Å². The third-order valence-corrected chi connectivity index (χ3v) is 11.6. The maximum Gasteiger partial charge on any atom is 0.169 e. The maximum atomic E-state index is 11.2. The van der Waals surface area contributed by atoms with Crippen LogP contribution in [-0.4, -0.2) is 55.0 Å².